The van der Waals surface area contributed by atoms with Crippen LogP contribution in [0, 0.1) is 5.82 Å². The summed E-state index contributed by atoms with van der Waals surface area (Å²) in [6, 6.07) is 5.99. The second-order valence-electron chi connectivity index (χ2n) is 3.34. The first-order valence-corrected chi connectivity index (χ1v) is 5.86. The van der Waals surface area contributed by atoms with E-state index in [-0.39, 0.29) is 10.6 Å². The van der Waals surface area contributed by atoms with Crippen LogP contribution in [0.5, 0.6) is 0 Å². The van der Waals surface area contributed by atoms with Crippen LogP contribution in [-0.4, -0.2) is 10.1 Å². The molecule has 0 aliphatic carbocycles. The third-order valence-corrected chi connectivity index (χ3v) is 3.21. The Kier molecular flexibility index (Phi) is 3.33. The fourth-order valence-electron chi connectivity index (χ4n) is 1.25. The highest BCUT2D eigenvalue weighted by Gasteiger charge is 2.14. The molecule has 0 fully saturated rings. The molecule has 0 aliphatic heterocycles. The summed E-state index contributed by atoms with van der Waals surface area (Å²) in [7, 11) is 0. The molecule has 1 aromatic carbocycles. The molecule has 1 atom stereocenters. The zero-order valence-corrected chi connectivity index (χ0v) is 10.2. The van der Waals surface area contributed by atoms with E-state index in [0.717, 1.165) is 12.0 Å². The number of halogens is 2. The average Bonchev–Trinajstić information content (AvgIpc) is 2.78. The van der Waals surface area contributed by atoms with E-state index in [1.54, 1.807) is 12.1 Å². The van der Waals surface area contributed by atoms with Crippen LogP contribution >= 0.6 is 15.9 Å². The SMILES string of the molecule is CCC(Br)c1nc(-c2ccc(F)cc2)no1. The maximum atomic E-state index is 12.7. The first kappa shape index (κ1) is 11.3. The third kappa shape index (κ3) is 2.29. The predicted octanol–water partition coefficient (Wildman–Crippen LogP) is 3.72. The minimum absolute atomic E-state index is 0.0641. The van der Waals surface area contributed by atoms with Gasteiger partial charge in [0, 0.05) is 5.56 Å². The predicted molar refractivity (Wildman–Crippen MR) is 61.7 cm³/mol. The van der Waals surface area contributed by atoms with E-state index in [4.69, 9.17) is 4.52 Å². The van der Waals surface area contributed by atoms with Gasteiger partial charge in [-0.1, -0.05) is 28.0 Å². The third-order valence-electron chi connectivity index (χ3n) is 2.17. The number of benzene rings is 1. The molecule has 0 saturated carbocycles. The summed E-state index contributed by atoms with van der Waals surface area (Å²) in [6.45, 7) is 2.02. The Labute approximate surface area is 101 Å². The van der Waals surface area contributed by atoms with Crippen molar-refractivity contribution in [2.24, 2.45) is 0 Å². The zero-order chi connectivity index (χ0) is 11.5. The first-order valence-electron chi connectivity index (χ1n) is 4.94. The molecule has 0 aliphatic rings. The van der Waals surface area contributed by atoms with Crippen molar-refractivity contribution in [2.45, 2.75) is 18.2 Å². The van der Waals surface area contributed by atoms with Gasteiger partial charge in [0.25, 0.3) is 0 Å². The second-order valence-corrected chi connectivity index (χ2v) is 4.44. The topological polar surface area (TPSA) is 38.9 Å². The van der Waals surface area contributed by atoms with Crippen LogP contribution in [-0.2, 0) is 0 Å². The normalized spacial score (nSPS) is 12.7. The van der Waals surface area contributed by atoms with Gasteiger partial charge in [0.1, 0.15) is 5.82 Å². The molecule has 0 saturated heterocycles. The van der Waals surface area contributed by atoms with Crippen molar-refractivity contribution in [2.75, 3.05) is 0 Å². The van der Waals surface area contributed by atoms with Gasteiger partial charge >= 0.3 is 0 Å². The Morgan fingerprint density at radius 3 is 2.69 bits per heavy atom. The molecule has 0 bridgehead atoms. The molecule has 84 valence electrons. The van der Waals surface area contributed by atoms with Gasteiger partial charge in [0.05, 0.1) is 4.83 Å². The van der Waals surface area contributed by atoms with Gasteiger partial charge in [-0.25, -0.2) is 4.39 Å². The summed E-state index contributed by atoms with van der Waals surface area (Å²) in [5.74, 6) is 0.745. The molecule has 1 unspecified atom stereocenters. The Bertz CT molecular complexity index is 469. The molecule has 2 aromatic rings. The lowest BCUT2D eigenvalue weighted by Gasteiger charge is -1.96. The Morgan fingerprint density at radius 2 is 2.06 bits per heavy atom. The summed E-state index contributed by atoms with van der Waals surface area (Å²) in [5, 5.41) is 3.85. The summed E-state index contributed by atoms with van der Waals surface area (Å²) < 4.78 is 17.8. The minimum atomic E-state index is -0.278. The summed E-state index contributed by atoms with van der Waals surface area (Å²) in [6.07, 6.45) is 0.866. The van der Waals surface area contributed by atoms with Gasteiger partial charge in [-0.05, 0) is 30.7 Å². The van der Waals surface area contributed by atoms with Crippen molar-refractivity contribution in [3.63, 3.8) is 0 Å². The van der Waals surface area contributed by atoms with Crippen LogP contribution in [0.15, 0.2) is 28.8 Å². The molecule has 3 nitrogen and oxygen atoms in total. The van der Waals surface area contributed by atoms with Crippen LogP contribution in [0.25, 0.3) is 11.4 Å². The van der Waals surface area contributed by atoms with Crippen molar-refractivity contribution in [3.05, 3.63) is 36.0 Å². The monoisotopic (exact) mass is 284 g/mol. The van der Waals surface area contributed by atoms with E-state index in [1.165, 1.54) is 12.1 Å². The Morgan fingerprint density at radius 1 is 1.38 bits per heavy atom. The molecule has 1 aromatic heterocycles. The highest BCUT2D eigenvalue weighted by molar-refractivity contribution is 9.09. The van der Waals surface area contributed by atoms with Crippen LogP contribution in [0.3, 0.4) is 0 Å². The number of hydrogen-bond acceptors (Lipinski definition) is 3. The second kappa shape index (κ2) is 4.74. The molecule has 0 spiro atoms. The first-order chi connectivity index (χ1) is 7.70. The number of aromatic nitrogens is 2. The van der Waals surface area contributed by atoms with Crippen molar-refractivity contribution < 1.29 is 8.91 Å². The molecule has 0 N–H and O–H groups in total. The van der Waals surface area contributed by atoms with E-state index in [2.05, 4.69) is 26.1 Å². The van der Waals surface area contributed by atoms with Crippen LogP contribution < -0.4 is 0 Å². The van der Waals surface area contributed by atoms with Crippen molar-refractivity contribution in [1.82, 2.24) is 10.1 Å². The quantitative estimate of drug-likeness (QED) is 0.807. The number of hydrogen-bond donors (Lipinski definition) is 0. The smallest absolute Gasteiger partial charge is 0.240 e. The van der Waals surface area contributed by atoms with Crippen LogP contribution in [0.2, 0.25) is 0 Å². The summed E-state index contributed by atoms with van der Waals surface area (Å²) in [4.78, 5) is 4.30. The van der Waals surface area contributed by atoms with E-state index < -0.39 is 0 Å². The maximum absolute atomic E-state index is 12.7. The summed E-state index contributed by atoms with van der Waals surface area (Å²) >= 11 is 3.43. The molecule has 1 heterocycles. The number of alkyl halides is 1. The fourth-order valence-corrected chi connectivity index (χ4v) is 1.44. The molecular formula is C11H10BrFN2O. The lowest BCUT2D eigenvalue weighted by Crippen LogP contribution is -1.87. The Balaban J connectivity index is 2.28. The maximum Gasteiger partial charge on any atom is 0.240 e. The molecule has 0 amide bonds. The van der Waals surface area contributed by atoms with Gasteiger partial charge in [-0.15, -0.1) is 0 Å². The van der Waals surface area contributed by atoms with Gasteiger partial charge in [0.15, 0.2) is 0 Å². The lowest BCUT2D eigenvalue weighted by molar-refractivity contribution is 0.377. The zero-order valence-electron chi connectivity index (χ0n) is 8.65. The molecule has 5 heteroatoms. The highest BCUT2D eigenvalue weighted by atomic mass is 79.9. The number of rotatable bonds is 3. The van der Waals surface area contributed by atoms with Crippen LogP contribution in [0.1, 0.15) is 24.1 Å². The van der Waals surface area contributed by atoms with Gasteiger partial charge < -0.3 is 4.52 Å². The van der Waals surface area contributed by atoms with Gasteiger partial charge in [0.2, 0.25) is 11.7 Å². The van der Waals surface area contributed by atoms with Crippen molar-refractivity contribution in [3.8, 4) is 11.4 Å². The van der Waals surface area contributed by atoms with Crippen molar-refractivity contribution >= 4 is 15.9 Å². The molecular weight excluding hydrogens is 275 g/mol. The molecule has 0 radical (unpaired) electrons. The van der Waals surface area contributed by atoms with Crippen molar-refractivity contribution in [1.29, 1.82) is 0 Å². The molecule has 2 rings (SSSR count). The molecule has 16 heavy (non-hydrogen) atoms. The van der Waals surface area contributed by atoms with E-state index in [1.807, 2.05) is 6.92 Å². The van der Waals surface area contributed by atoms with Crippen LogP contribution in [0.4, 0.5) is 4.39 Å². The van der Waals surface area contributed by atoms with Gasteiger partial charge in [-0.2, -0.15) is 4.98 Å². The summed E-state index contributed by atoms with van der Waals surface area (Å²) in [5.41, 5.74) is 0.743. The Hall–Kier alpha value is -1.23. The standard InChI is InChI=1S/C11H10BrFN2O/c1-2-9(12)11-14-10(15-16-11)7-3-5-8(13)6-4-7/h3-6,9H,2H2,1H3. The number of nitrogens with zero attached hydrogens (tertiary/aromatic N) is 2. The largest absolute Gasteiger partial charge is 0.338 e. The minimum Gasteiger partial charge on any atom is -0.338 e. The highest BCUT2D eigenvalue weighted by Crippen LogP contribution is 2.26. The fraction of sp³-hybridized carbons (Fsp3) is 0.273. The van der Waals surface area contributed by atoms with E-state index in [9.17, 15) is 4.39 Å². The van der Waals surface area contributed by atoms with E-state index in [0.29, 0.717) is 11.7 Å². The van der Waals surface area contributed by atoms with Gasteiger partial charge in [-0.3, -0.25) is 0 Å². The average molecular weight is 285 g/mol. The van der Waals surface area contributed by atoms with E-state index >= 15 is 0 Å². The lowest BCUT2D eigenvalue weighted by atomic mass is 10.2.